The number of nitrogens with zero attached hydrogens (tertiary/aromatic N) is 2. The third-order valence-corrected chi connectivity index (χ3v) is 2.55. The van der Waals surface area contributed by atoms with Crippen LogP contribution in [0.3, 0.4) is 0 Å². The first kappa shape index (κ1) is 14.6. The first-order chi connectivity index (χ1) is 9.04. The van der Waals surface area contributed by atoms with Gasteiger partial charge in [-0.3, -0.25) is 14.9 Å². The van der Waals surface area contributed by atoms with Crippen molar-refractivity contribution in [3.05, 3.63) is 38.9 Å². The standard InChI is InChI=1S/C12H13N3O4/c1-2-19-12(16)5-9-10(7-14)8(6-13)3-4-11(9)15(17)18/h3-4H,2,5,7,14H2,1H3. The minimum Gasteiger partial charge on any atom is -0.466 e. The average molecular weight is 263 g/mol. The zero-order chi connectivity index (χ0) is 14.4. The third kappa shape index (κ3) is 3.26. The quantitative estimate of drug-likeness (QED) is 0.481. The first-order valence-corrected chi connectivity index (χ1v) is 5.60. The summed E-state index contributed by atoms with van der Waals surface area (Å²) in [5.74, 6) is -0.588. The second-order valence-corrected chi connectivity index (χ2v) is 3.64. The number of nitro benzene ring substituents is 1. The summed E-state index contributed by atoms with van der Waals surface area (Å²) in [7, 11) is 0. The highest BCUT2D eigenvalue weighted by atomic mass is 16.6. The second kappa shape index (κ2) is 6.47. The van der Waals surface area contributed by atoms with Crippen molar-refractivity contribution >= 4 is 11.7 Å². The van der Waals surface area contributed by atoms with Crippen molar-refractivity contribution in [2.24, 2.45) is 5.73 Å². The largest absolute Gasteiger partial charge is 0.466 e. The Bertz CT molecular complexity index is 549. The van der Waals surface area contributed by atoms with Crippen molar-refractivity contribution in [1.82, 2.24) is 0 Å². The molecule has 0 bridgehead atoms. The van der Waals surface area contributed by atoms with Gasteiger partial charge in [0.05, 0.1) is 29.6 Å². The van der Waals surface area contributed by atoms with Gasteiger partial charge in [-0.2, -0.15) is 5.26 Å². The van der Waals surface area contributed by atoms with Crippen molar-refractivity contribution < 1.29 is 14.5 Å². The fourth-order valence-corrected chi connectivity index (χ4v) is 1.74. The zero-order valence-electron chi connectivity index (χ0n) is 10.4. The van der Waals surface area contributed by atoms with Crippen LogP contribution in [-0.4, -0.2) is 17.5 Å². The maximum atomic E-state index is 11.5. The highest BCUT2D eigenvalue weighted by Crippen LogP contribution is 2.26. The van der Waals surface area contributed by atoms with Crippen molar-refractivity contribution in [1.29, 1.82) is 5.26 Å². The molecule has 0 saturated heterocycles. The summed E-state index contributed by atoms with van der Waals surface area (Å²) in [6, 6.07) is 4.43. The summed E-state index contributed by atoms with van der Waals surface area (Å²) < 4.78 is 4.77. The number of hydrogen-bond acceptors (Lipinski definition) is 6. The van der Waals surface area contributed by atoms with Crippen LogP contribution in [0.2, 0.25) is 0 Å². The summed E-state index contributed by atoms with van der Waals surface area (Å²) in [5.41, 5.74) is 5.97. The van der Waals surface area contributed by atoms with E-state index in [-0.39, 0.29) is 36.4 Å². The van der Waals surface area contributed by atoms with E-state index in [4.69, 9.17) is 15.7 Å². The molecule has 0 heterocycles. The Morgan fingerprint density at radius 2 is 2.21 bits per heavy atom. The molecule has 0 radical (unpaired) electrons. The molecule has 2 N–H and O–H groups in total. The van der Waals surface area contributed by atoms with E-state index in [9.17, 15) is 14.9 Å². The highest BCUT2D eigenvalue weighted by molar-refractivity contribution is 5.75. The summed E-state index contributed by atoms with van der Waals surface area (Å²) in [4.78, 5) is 21.8. The van der Waals surface area contributed by atoms with Crippen LogP contribution in [0.5, 0.6) is 0 Å². The van der Waals surface area contributed by atoms with Crippen LogP contribution in [0.25, 0.3) is 0 Å². The van der Waals surface area contributed by atoms with Crippen LogP contribution in [-0.2, 0) is 22.5 Å². The van der Waals surface area contributed by atoms with E-state index in [0.717, 1.165) is 0 Å². The molecule has 0 spiro atoms. The molecule has 0 saturated carbocycles. The average Bonchev–Trinajstić information content (AvgIpc) is 2.37. The lowest BCUT2D eigenvalue weighted by molar-refractivity contribution is -0.385. The number of benzene rings is 1. The number of nitrogens with two attached hydrogens (primary N) is 1. The predicted octanol–water partition coefficient (Wildman–Crippen LogP) is 1.03. The Morgan fingerprint density at radius 3 is 2.68 bits per heavy atom. The second-order valence-electron chi connectivity index (χ2n) is 3.64. The van der Waals surface area contributed by atoms with Crippen LogP contribution in [0.1, 0.15) is 23.6 Å². The maximum absolute atomic E-state index is 11.5. The highest BCUT2D eigenvalue weighted by Gasteiger charge is 2.22. The smallest absolute Gasteiger partial charge is 0.310 e. The van der Waals surface area contributed by atoms with Gasteiger partial charge in [-0.1, -0.05) is 0 Å². The molecular formula is C12H13N3O4. The lowest BCUT2D eigenvalue weighted by Gasteiger charge is -2.09. The molecule has 1 rings (SSSR count). The van der Waals surface area contributed by atoms with E-state index in [1.807, 2.05) is 6.07 Å². The molecule has 0 aliphatic rings. The molecule has 0 aromatic heterocycles. The number of rotatable bonds is 5. The van der Waals surface area contributed by atoms with Gasteiger partial charge < -0.3 is 10.5 Å². The molecule has 7 nitrogen and oxygen atoms in total. The predicted molar refractivity (Wildman–Crippen MR) is 66.0 cm³/mol. The van der Waals surface area contributed by atoms with Crippen molar-refractivity contribution in [2.45, 2.75) is 19.9 Å². The molecule has 0 aliphatic heterocycles. The molecule has 7 heteroatoms. The van der Waals surface area contributed by atoms with Gasteiger partial charge in [0.2, 0.25) is 0 Å². The number of hydrogen-bond donors (Lipinski definition) is 1. The molecule has 0 amide bonds. The van der Waals surface area contributed by atoms with E-state index < -0.39 is 10.9 Å². The molecule has 19 heavy (non-hydrogen) atoms. The fraction of sp³-hybridized carbons (Fsp3) is 0.333. The third-order valence-electron chi connectivity index (χ3n) is 2.55. The van der Waals surface area contributed by atoms with Gasteiger partial charge in [0, 0.05) is 18.2 Å². The van der Waals surface area contributed by atoms with Gasteiger partial charge in [0.15, 0.2) is 0 Å². The van der Waals surface area contributed by atoms with E-state index >= 15 is 0 Å². The van der Waals surface area contributed by atoms with Crippen molar-refractivity contribution in [2.75, 3.05) is 6.61 Å². The van der Waals surface area contributed by atoms with Crippen LogP contribution in [0.4, 0.5) is 5.69 Å². The van der Waals surface area contributed by atoms with E-state index in [1.54, 1.807) is 6.92 Å². The van der Waals surface area contributed by atoms with Gasteiger partial charge in [0.1, 0.15) is 0 Å². The van der Waals surface area contributed by atoms with E-state index in [2.05, 4.69) is 0 Å². The molecule has 0 atom stereocenters. The van der Waals surface area contributed by atoms with Crippen molar-refractivity contribution in [3.8, 4) is 6.07 Å². The van der Waals surface area contributed by atoms with Crippen LogP contribution in [0.15, 0.2) is 12.1 Å². The van der Waals surface area contributed by atoms with Crippen LogP contribution >= 0.6 is 0 Å². The SMILES string of the molecule is CCOC(=O)Cc1c([N+](=O)[O-])ccc(C#N)c1CN. The molecular weight excluding hydrogens is 250 g/mol. The summed E-state index contributed by atoms with van der Waals surface area (Å²) >= 11 is 0. The van der Waals surface area contributed by atoms with Crippen molar-refractivity contribution in [3.63, 3.8) is 0 Å². The Morgan fingerprint density at radius 1 is 1.53 bits per heavy atom. The molecule has 0 fully saturated rings. The van der Waals surface area contributed by atoms with Gasteiger partial charge in [-0.05, 0) is 18.6 Å². The monoisotopic (exact) mass is 263 g/mol. The van der Waals surface area contributed by atoms with E-state index in [0.29, 0.717) is 5.56 Å². The molecule has 1 aromatic carbocycles. The molecule has 0 unspecified atom stereocenters. The number of nitriles is 1. The Hall–Kier alpha value is -2.46. The summed E-state index contributed by atoms with van der Waals surface area (Å²) in [5, 5.41) is 19.9. The normalized spacial score (nSPS) is 9.74. The number of ether oxygens (including phenoxy) is 1. The van der Waals surface area contributed by atoms with Crippen LogP contribution < -0.4 is 5.73 Å². The van der Waals surface area contributed by atoms with Crippen LogP contribution in [0, 0.1) is 21.4 Å². The number of carbonyl (C=O) groups excluding carboxylic acids is 1. The Balaban J connectivity index is 3.34. The first-order valence-electron chi connectivity index (χ1n) is 5.60. The lowest BCUT2D eigenvalue weighted by atomic mass is 9.97. The Kier molecular flexibility index (Phi) is 4.97. The fourth-order valence-electron chi connectivity index (χ4n) is 1.74. The Labute approximate surface area is 109 Å². The van der Waals surface area contributed by atoms with Gasteiger partial charge in [-0.15, -0.1) is 0 Å². The minimum absolute atomic E-state index is 0.0562. The minimum atomic E-state index is -0.602. The molecule has 100 valence electrons. The topological polar surface area (TPSA) is 119 Å². The van der Waals surface area contributed by atoms with Gasteiger partial charge >= 0.3 is 5.97 Å². The van der Waals surface area contributed by atoms with Gasteiger partial charge in [-0.25, -0.2) is 0 Å². The number of carbonyl (C=O) groups is 1. The van der Waals surface area contributed by atoms with Gasteiger partial charge in [0.25, 0.3) is 5.69 Å². The molecule has 1 aromatic rings. The number of nitro groups is 1. The zero-order valence-corrected chi connectivity index (χ0v) is 10.4. The van der Waals surface area contributed by atoms with E-state index in [1.165, 1.54) is 12.1 Å². The maximum Gasteiger partial charge on any atom is 0.310 e. The number of esters is 1. The lowest BCUT2D eigenvalue weighted by Crippen LogP contribution is -2.14. The molecule has 0 aliphatic carbocycles. The summed E-state index contributed by atoms with van der Waals surface area (Å²) in [6.07, 6.45) is -0.272. The summed E-state index contributed by atoms with van der Waals surface area (Å²) in [6.45, 7) is 1.77.